The maximum absolute atomic E-state index is 12.9. The van der Waals surface area contributed by atoms with Crippen LogP contribution in [0.4, 0.5) is 5.69 Å². The van der Waals surface area contributed by atoms with Gasteiger partial charge in [0.25, 0.3) is 5.91 Å². The van der Waals surface area contributed by atoms with E-state index in [9.17, 15) is 9.59 Å². The number of anilines is 1. The molecule has 4 aromatic rings. The third-order valence-corrected chi connectivity index (χ3v) is 5.93. The molecule has 8 nitrogen and oxygen atoms in total. The summed E-state index contributed by atoms with van der Waals surface area (Å²) in [6.45, 7) is 0.261. The molecule has 0 radical (unpaired) electrons. The Balaban J connectivity index is 1.41. The Hall–Kier alpha value is -3.98. The van der Waals surface area contributed by atoms with Crippen LogP contribution in [0.5, 0.6) is 0 Å². The molecule has 0 saturated heterocycles. The van der Waals surface area contributed by atoms with Gasteiger partial charge in [-0.3, -0.25) is 9.59 Å². The number of benzene rings is 2. The molecule has 3 N–H and O–H groups in total. The minimum atomic E-state index is -0.292. The molecule has 0 saturated carbocycles. The van der Waals surface area contributed by atoms with Gasteiger partial charge in [-0.15, -0.1) is 0 Å². The van der Waals surface area contributed by atoms with Crippen molar-refractivity contribution in [3.63, 3.8) is 0 Å². The van der Waals surface area contributed by atoms with Gasteiger partial charge in [-0.2, -0.15) is 0 Å². The van der Waals surface area contributed by atoms with Crippen molar-refractivity contribution in [2.75, 3.05) is 23.5 Å². The highest BCUT2D eigenvalue weighted by Gasteiger charge is 2.20. The Labute approximate surface area is 195 Å². The summed E-state index contributed by atoms with van der Waals surface area (Å²) in [7, 11) is 1.64. The number of nitrogen functional groups attached to an aromatic ring is 1. The Morgan fingerprint density at radius 1 is 1.09 bits per heavy atom. The van der Waals surface area contributed by atoms with Gasteiger partial charge >= 0.3 is 0 Å². The summed E-state index contributed by atoms with van der Waals surface area (Å²) in [5.74, 6) is 6.32. The van der Waals surface area contributed by atoms with E-state index < -0.39 is 0 Å². The number of nitrogens with zero attached hydrogens (tertiary/aromatic N) is 3. The molecule has 0 spiro atoms. The Morgan fingerprint density at radius 2 is 1.85 bits per heavy atom. The highest BCUT2D eigenvalue weighted by atomic mass is 32.2. The Morgan fingerprint density at radius 3 is 2.61 bits per heavy atom. The molecule has 0 aliphatic rings. The Kier molecular flexibility index (Phi) is 6.80. The average Bonchev–Trinajstić information content (AvgIpc) is 3.50. The summed E-state index contributed by atoms with van der Waals surface area (Å²) < 4.78 is 6.66. The van der Waals surface area contributed by atoms with Gasteiger partial charge in [-0.25, -0.2) is 9.66 Å². The molecular formula is C24H23N5O3S. The van der Waals surface area contributed by atoms with Gasteiger partial charge in [0.05, 0.1) is 41.7 Å². The molecule has 2 aromatic heterocycles. The van der Waals surface area contributed by atoms with Crippen molar-refractivity contribution in [1.82, 2.24) is 15.0 Å². The minimum Gasteiger partial charge on any atom is -0.467 e. The van der Waals surface area contributed by atoms with Crippen molar-refractivity contribution >= 4 is 29.3 Å². The van der Waals surface area contributed by atoms with E-state index in [-0.39, 0.29) is 24.1 Å². The zero-order valence-corrected chi connectivity index (χ0v) is 18.8. The second-order valence-corrected chi connectivity index (χ2v) is 8.15. The van der Waals surface area contributed by atoms with Crippen LogP contribution in [0.1, 0.15) is 16.1 Å². The van der Waals surface area contributed by atoms with Crippen molar-refractivity contribution in [1.29, 1.82) is 0 Å². The molecule has 0 atom stereocenters. The molecule has 4 rings (SSSR count). The number of imidazole rings is 1. The molecule has 0 bridgehead atoms. The number of furan rings is 1. The molecule has 0 aliphatic heterocycles. The summed E-state index contributed by atoms with van der Waals surface area (Å²) in [5.41, 5.74) is 2.60. The monoisotopic (exact) mass is 461 g/mol. The molecule has 33 heavy (non-hydrogen) atoms. The molecule has 0 fully saturated rings. The highest BCUT2D eigenvalue weighted by molar-refractivity contribution is 7.99. The summed E-state index contributed by atoms with van der Waals surface area (Å²) in [6.07, 6.45) is 3.28. The lowest BCUT2D eigenvalue weighted by Crippen LogP contribution is -2.31. The first-order valence-electron chi connectivity index (χ1n) is 10.2. The SMILES string of the molecule is CN(C(=O)CSc1nc(-c2ccccc2)cn1N)c1ccccc1C(=O)NCc1ccco1. The third-order valence-electron chi connectivity index (χ3n) is 4.98. The van der Waals surface area contributed by atoms with Gasteiger partial charge in [-0.1, -0.05) is 54.2 Å². The van der Waals surface area contributed by atoms with E-state index in [1.54, 1.807) is 55.9 Å². The molecule has 2 amide bonds. The molecule has 2 heterocycles. The molecular weight excluding hydrogens is 438 g/mol. The zero-order valence-electron chi connectivity index (χ0n) is 18.0. The van der Waals surface area contributed by atoms with Crippen molar-refractivity contribution in [2.45, 2.75) is 11.7 Å². The number of thioether (sulfide) groups is 1. The van der Waals surface area contributed by atoms with Gasteiger partial charge in [0.2, 0.25) is 5.91 Å². The maximum atomic E-state index is 12.9. The smallest absolute Gasteiger partial charge is 0.253 e. The lowest BCUT2D eigenvalue weighted by Gasteiger charge is -2.20. The number of nitrogens with one attached hydrogen (secondary N) is 1. The van der Waals surface area contributed by atoms with Crippen LogP contribution in [0.25, 0.3) is 11.3 Å². The van der Waals surface area contributed by atoms with Crippen LogP contribution in [0.15, 0.2) is 88.8 Å². The van der Waals surface area contributed by atoms with Gasteiger partial charge in [0.1, 0.15) is 5.76 Å². The van der Waals surface area contributed by atoms with Crippen molar-refractivity contribution in [3.8, 4) is 11.3 Å². The van der Waals surface area contributed by atoms with Crippen molar-refractivity contribution in [3.05, 3.63) is 90.5 Å². The lowest BCUT2D eigenvalue weighted by molar-refractivity contribution is -0.115. The standard InChI is InChI=1S/C24H23N5O3S/c1-28(21-12-6-5-11-19(21)23(31)26-14-18-10-7-13-32-18)22(30)16-33-24-27-20(15-29(24)25)17-8-3-2-4-9-17/h2-13,15H,14,16,25H2,1H3,(H,26,31). The van der Waals surface area contributed by atoms with E-state index >= 15 is 0 Å². The van der Waals surface area contributed by atoms with Gasteiger partial charge in [-0.05, 0) is 24.3 Å². The van der Waals surface area contributed by atoms with Crippen LogP contribution in [-0.2, 0) is 11.3 Å². The van der Waals surface area contributed by atoms with E-state index in [0.717, 1.165) is 11.3 Å². The number of hydrogen-bond acceptors (Lipinski definition) is 6. The molecule has 0 aliphatic carbocycles. The van der Waals surface area contributed by atoms with E-state index in [1.165, 1.54) is 21.3 Å². The summed E-state index contributed by atoms with van der Waals surface area (Å²) >= 11 is 1.24. The molecule has 9 heteroatoms. The molecule has 0 unspecified atom stereocenters. The zero-order chi connectivity index (χ0) is 23.2. The topological polar surface area (TPSA) is 106 Å². The van der Waals surface area contributed by atoms with Gasteiger partial charge in [0, 0.05) is 12.6 Å². The number of amides is 2. The van der Waals surface area contributed by atoms with Crippen LogP contribution in [0, 0.1) is 0 Å². The number of rotatable bonds is 8. The largest absolute Gasteiger partial charge is 0.467 e. The van der Waals surface area contributed by atoms with Crippen molar-refractivity contribution in [2.24, 2.45) is 0 Å². The number of nitrogens with two attached hydrogens (primary N) is 1. The number of carbonyl (C=O) groups is 2. The minimum absolute atomic E-state index is 0.112. The summed E-state index contributed by atoms with van der Waals surface area (Å²) in [6, 6.07) is 20.2. The van der Waals surface area contributed by atoms with Crippen LogP contribution in [0.2, 0.25) is 0 Å². The van der Waals surface area contributed by atoms with Crippen LogP contribution in [-0.4, -0.2) is 34.3 Å². The number of aromatic nitrogens is 2. The fourth-order valence-electron chi connectivity index (χ4n) is 3.22. The first-order valence-corrected chi connectivity index (χ1v) is 11.2. The van der Waals surface area contributed by atoms with E-state index in [1.807, 2.05) is 30.3 Å². The quantitative estimate of drug-likeness (QED) is 0.307. The Bertz CT molecular complexity index is 1240. The normalized spacial score (nSPS) is 10.7. The second kappa shape index (κ2) is 10.1. The van der Waals surface area contributed by atoms with E-state index in [0.29, 0.717) is 22.2 Å². The molecule has 2 aromatic carbocycles. The van der Waals surface area contributed by atoms with Crippen LogP contribution < -0.4 is 16.1 Å². The third kappa shape index (κ3) is 5.27. The predicted octanol–water partition coefficient (Wildman–Crippen LogP) is 3.54. The predicted molar refractivity (Wildman–Crippen MR) is 128 cm³/mol. The number of para-hydroxylation sites is 1. The number of carbonyl (C=O) groups excluding carboxylic acids is 2. The fourth-order valence-corrected chi connectivity index (χ4v) is 4.03. The highest BCUT2D eigenvalue weighted by Crippen LogP contribution is 2.25. The van der Waals surface area contributed by atoms with Crippen LogP contribution >= 0.6 is 11.8 Å². The lowest BCUT2D eigenvalue weighted by atomic mass is 10.1. The van der Waals surface area contributed by atoms with E-state index in [2.05, 4.69) is 10.3 Å². The van der Waals surface area contributed by atoms with Crippen LogP contribution in [0.3, 0.4) is 0 Å². The summed E-state index contributed by atoms with van der Waals surface area (Å²) in [4.78, 5) is 31.6. The maximum Gasteiger partial charge on any atom is 0.253 e. The summed E-state index contributed by atoms with van der Waals surface area (Å²) in [5, 5.41) is 3.34. The van der Waals surface area contributed by atoms with Crippen molar-refractivity contribution < 1.29 is 14.0 Å². The second-order valence-electron chi connectivity index (χ2n) is 7.20. The van der Waals surface area contributed by atoms with Gasteiger partial charge < -0.3 is 20.5 Å². The van der Waals surface area contributed by atoms with Gasteiger partial charge in [0.15, 0.2) is 5.16 Å². The average molecular weight is 462 g/mol. The number of hydrogen-bond donors (Lipinski definition) is 2. The first kappa shape index (κ1) is 22.2. The van der Waals surface area contributed by atoms with E-state index in [4.69, 9.17) is 10.3 Å². The fraction of sp³-hybridized carbons (Fsp3) is 0.125. The molecule has 168 valence electrons. The first-order chi connectivity index (χ1) is 16.0.